The zero-order chi connectivity index (χ0) is 11.0. The van der Waals surface area contributed by atoms with Gasteiger partial charge in [0.1, 0.15) is 0 Å². The van der Waals surface area contributed by atoms with Crippen LogP contribution in [0, 0.1) is 0 Å². The Hall–Kier alpha value is -2.29. The fourth-order valence-corrected chi connectivity index (χ4v) is 1.79. The monoisotopic (exact) mass is 208 g/mol. The highest BCUT2D eigenvalue weighted by Gasteiger charge is 2.00. The lowest BCUT2D eigenvalue weighted by Gasteiger charge is -1.97. The van der Waals surface area contributed by atoms with Crippen LogP contribution in [-0.2, 0) is 0 Å². The van der Waals surface area contributed by atoms with E-state index in [1.54, 1.807) is 12.3 Å². The predicted octanol–water partition coefficient (Wildman–Crippen LogP) is 2.14. The molecule has 0 atom stereocenters. The molecule has 3 aromatic rings. The van der Waals surface area contributed by atoms with E-state index in [1.807, 2.05) is 30.3 Å². The van der Waals surface area contributed by atoms with Gasteiger partial charge in [0.15, 0.2) is 0 Å². The number of aromatic nitrogens is 2. The van der Waals surface area contributed by atoms with Gasteiger partial charge in [-0.3, -0.25) is 9.78 Å². The van der Waals surface area contributed by atoms with Gasteiger partial charge < -0.3 is 0 Å². The van der Waals surface area contributed by atoms with E-state index >= 15 is 0 Å². The van der Waals surface area contributed by atoms with Gasteiger partial charge in [-0.2, -0.15) is 0 Å². The first kappa shape index (κ1) is 8.97. The maximum atomic E-state index is 11.4. The van der Waals surface area contributed by atoms with Crippen LogP contribution in [0.3, 0.4) is 0 Å². The molecule has 2 aromatic heterocycles. The van der Waals surface area contributed by atoms with Crippen molar-refractivity contribution in [2.24, 2.45) is 0 Å². The molecule has 76 valence electrons. The van der Waals surface area contributed by atoms with Gasteiger partial charge >= 0.3 is 0 Å². The molecule has 2 heterocycles. The molecule has 0 saturated carbocycles. The molecule has 0 N–H and O–H groups in total. The molecule has 0 saturated heterocycles. The Morgan fingerprint density at radius 2 is 1.88 bits per heavy atom. The summed E-state index contributed by atoms with van der Waals surface area (Å²) in [6.45, 7) is 0. The van der Waals surface area contributed by atoms with Gasteiger partial charge in [0.05, 0.1) is 11.0 Å². The molecule has 0 radical (unpaired) electrons. The molecule has 0 amide bonds. The molecule has 1 aromatic carbocycles. The minimum Gasteiger partial charge on any atom is -0.267 e. The normalized spacial score (nSPS) is 10.8. The molecule has 3 nitrogen and oxygen atoms in total. The van der Waals surface area contributed by atoms with E-state index in [4.69, 9.17) is 0 Å². The van der Waals surface area contributed by atoms with Crippen molar-refractivity contribution >= 4 is 21.8 Å². The summed E-state index contributed by atoms with van der Waals surface area (Å²) >= 11 is 0. The first-order valence-electron chi connectivity index (χ1n) is 4.99. The fraction of sp³-hybridized carbons (Fsp3) is 0. The summed E-state index contributed by atoms with van der Waals surface area (Å²) < 4.78 is 0. The lowest BCUT2D eigenvalue weighted by atomic mass is 10.1. The molecular weight excluding hydrogens is 200 g/mol. The van der Waals surface area contributed by atoms with Gasteiger partial charge in [0.25, 0.3) is 5.56 Å². The average Bonchev–Trinajstić information content (AvgIpc) is 2.50. The van der Waals surface area contributed by atoms with Crippen LogP contribution in [0.15, 0.2) is 53.5 Å². The Bertz CT molecular complexity index is 738. The summed E-state index contributed by atoms with van der Waals surface area (Å²) in [4.78, 5) is 19.7. The fourth-order valence-electron chi connectivity index (χ4n) is 1.79. The first-order valence-corrected chi connectivity index (χ1v) is 4.99. The second-order valence-corrected chi connectivity index (χ2v) is 3.55. The third-order valence-electron chi connectivity index (χ3n) is 2.52. The Kier molecular flexibility index (Phi) is 1.90. The molecule has 0 bridgehead atoms. The highest BCUT2D eigenvalue weighted by molar-refractivity contribution is 6.03. The zero-order valence-electron chi connectivity index (χ0n) is 8.42. The number of benzene rings is 1. The molecule has 16 heavy (non-hydrogen) atoms. The third-order valence-corrected chi connectivity index (χ3v) is 2.52. The lowest BCUT2D eigenvalue weighted by Crippen LogP contribution is -1.98. The number of nitrogens with zero attached hydrogens (tertiary/aromatic N) is 2. The maximum absolute atomic E-state index is 11.4. The van der Waals surface area contributed by atoms with Crippen molar-refractivity contribution in [2.75, 3.05) is 0 Å². The van der Waals surface area contributed by atoms with E-state index in [0.29, 0.717) is 5.52 Å². The smallest absolute Gasteiger partial charge is 0.267 e. The minimum atomic E-state index is -0.230. The lowest BCUT2D eigenvalue weighted by molar-refractivity contribution is 1.33. The van der Waals surface area contributed by atoms with Gasteiger partial charge in [-0.05, 0) is 18.2 Å². The standard InChI is InChI=1S/C13H8N2O/c16-12-5-1-3-9-6-7-11-10(13(9)15-12)4-2-8-14-11/h1-8H. The summed E-state index contributed by atoms with van der Waals surface area (Å²) in [5, 5.41) is 1.86. The van der Waals surface area contributed by atoms with Gasteiger partial charge in [0.2, 0.25) is 0 Å². The number of hydrogen-bond acceptors (Lipinski definition) is 3. The number of fused-ring (bicyclic) bond motifs is 3. The Balaban J connectivity index is 2.65. The Morgan fingerprint density at radius 3 is 2.81 bits per heavy atom. The van der Waals surface area contributed by atoms with Crippen molar-refractivity contribution in [3.05, 3.63) is 59.0 Å². The summed E-state index contributed by atoms with van der Waals surface area (Å²) in [5.41, 5.74) is 1.33. The van der Waals surface area contributed by atoms with Crippen LogP contribution in [0.4, 0.5) is 0 Å². The summed E-state index contributed by atoms with van der Waals surface area (Å²) in [6, 6.07) is 12.7. The Labute approximate surface area is 91.4 Å². The second kappa shape index (κ2) is 3.38. The molecule has 0 fully saturated rings. The van der Waals surface area contributed by atoms with Gasteiger partial charge in [0, 0.05) is 23.0 Å². The van der Waals surface area contributed by atoms with Crippen molar-refractivity contribution in [3.8, 4) is 0 Å². The van der Waals surface area contributed by atoms with Gasteiger partial charge in [-0.1, -0.05) is 18.2 Å². The van der Waals surface area contributed by atoms with Gasteiger partial charge in [-0.25, -0.2) is 4.98 Å². The summed E-state index contributed by atoms with van der Waals surface area (Å²) in [5.74, 6) is 0. The van der Waals surface area contributed by atoms with E-state index in [-0.39, 0.29) is 5.56 Å². The van der Waals surface area contributed by atoms with Crippen molar-refractivity contribution < 1.29 is 0 Å². The van der Waals surface area contributed by atoms with Crippen molar-refractivity contribution in [1.29, 1.82) is 0 Å². The van der Waals surface area contributed by atoms with Crippen LogP contribution in [0.1, 0.15) is 0 Å². The molecule has 0 aliphatic carbocycles. The largest absolute Gasteiger partial charge is 0.270 e. The molecule has 3 heteroatoms. The molecule has 0 aliphatic rings. The summed E-state index contributed by atoms with van der Waals surface area (Å²) in [7, 11) is 0. The third kappa shape index (κ3) is 1.34. The van der Waals surface area contributed by atoms with Crippen LogP contribution in [0.2, 0.25) is 0 Å². The van der Waals surface area contributed by atoms with E-state index in [2.05, 4.69) is 9.97 Å². The topological polar surface area (TPSA) is 42.9 Å². The van der Waals surface area contributed by atoms with Crippen LogP contribution in [0.5, 0.6) is 0 Å². The first-order chi connectivity index (χ1) is 7.84. The van der Waals surface area contributed by atoms with Crippen molar-refractivity contribution in [3.63, 3.8) is 0 Å². The van der Waals surface area contributed by atoms with E-state index in [9.17, 15) is 4.79 Å². The SMILES string of the molecule is O=c1cccc2ccc3ncccc3c2n1. The van der Waals surface area contributed by atoms with E-state index in [0.717, 1.165) is 16.3 Å². The highest BCUT2D eigenvalue weighted by Crippen LogP contribution is 2.19. The molecule has 0 aliphatic heterocycles. The van der Waals surface area contributed by atoms with E-state index in [1.165, 1.54) is 6.07 Å². The Morgan fingerprint density at radius 1 is 0.938 bits per heavy atom. The highest BCUT2D eigenvalue weighted by atomic mass is 16.1. The van der Waals surface area contributed by atoms with Gasteiger partial charge in [-0.15, -0.1) is 0 Å². The molecule has 0 spiro atoms. The number of rotatable bonds is 0. The predicted molar refractivity (Wildman–Crippen MR) is 63.3 cm³/mol. The van der Waals surface area contributed by atoms with Crippen LogP contribution in [0.25, 0.3) is 21.8 Å². The second-order valence-electron chi connectivity index (χ2n) is 3.55. The van der Waals surface area contributed by atoms with Crippen molar-refractivity contribution in [2.45, 2.75) is 0 Å². The van der Waals surface area contributed by atoms with Crippen LogP contribution in [-0.4, -0.2) is 9.97 Å². The molecule has 0 unspecified atom stereocenters. The van der Waals surface area contributed by atoms with Crippen LogP contribution < -0.4 is 5.56 Å². The minimum absolute atomic E-state index is 0.230. The number of pyridine rings is 1. The molecule has 3 rings (SSSR count). The maximum Gasteiger partial charge on any atom is 0.270 e. The van der Waals surface area contributed by atoms with Crippen molar-refractivity contribution in [1.82, 2.24) is 9.97 Å². The quantitative estimate of drug-likeness (QED) is 0.568. The number of hydrogen-bond donors (Lipinski definition) is 0. The average molecular weight is 208 g/mol. The van der Waals surface area contributed by atoms with E-state index < -0.39 is 0 Å². The summed E-state index contributed by atoms with van der Waals surface area (Å²) in [6.07, 6.45) is 1.73. The zero-order valence-corrected chi connectivity index (χ0v) is 8.42. The molecular formula is C13H8N2O. The van der Waals surface area contributed by atoms with Crippen LogP contribution >= 0.6 is 0 Å².